The van der Waals surface area contributed by atoms with Crippen LogP contribution in [0, 0.1) is 6.92 Å². The quantitative estimate of drug-likeness (QED) is 0.491. The molecule has 1 aliphatic rings. The molecule has 0 N–H and O–H groups in total. The minimum Gasteiger partial charge on any atom is -0.308 e. The fourth-order valence-corrected chi connectivity index (χ4v) is 3.38. The van der Waals surface area contributed by atoms with E-state index in [-0.39, 0.29) is 5.56 Å². The number of para-hydroxylation sites is 1. The van der Waals surface area contributed by atoms with Crippen molar-refractivity contribution in [2.24, 2.45) is 0 Å². The number of fused-ring (bicyclic) bond motifs is 5. The number of benzene rings is 1. The van der Waals surface area contributed by atoms with Crippen LogP contribution in [0.5, 0.6) is 0 Å². The molecule has 4 aromatic rings. The van der Waals surface area contributed by atoms with E-state index in [1.807, 2.05) is 42.2 Å². The summed E-state index contributed by atoms with van der Waals surface area (Å²) >= 11 is 0. The Labute approximate surface area is 149 Å². The van der Waals surface area contributed by atoms with E-state index < -0.39 is 0 Å². The summed E-state index contributed by atoms with van der Waals surface area (Å²) in [5.41, 5.74) is 4.04. The molecule has 0 aliphatic carbocycles. The van der Waals surface area contributed by atoms with E-state index in [9.17, 15) is 4.79 Å². The van der Waals surface area contributed by atoms with Crippen molar-refractivity contribution < 1.29 is 0 Å². The molecule has 0 saturated carbocycles. The summed E-state index contributed by atoms with van der Waals surface area (Å²) in [6.45, 7) is 2.94. The fraction of sp³-hybridized carbons (Fsp3) is 0.158. The smallest absolute Gasteiger partial charge is 0.250 e. The summed E-state index contributed by atoms with van der Waals surface area (Å²) in [6, 6.07) is 13.2. The number of rotatable bonds is 2. The van der Waals surface area contributed by atoms with Gasteiger partial charge in [0.15, 0.2) is 11.6 Å². The van der Waals surface area contributed by atoms with Crippen molar-refractivity contribution in [3.63, 3.8) is 0 Å². The van der Waals surface area contributed by atoms with Crippen molar-refractivity contribution in [3.05, 3.63) is 82.6 Å². The second-order valence-electron chi connectivity index (χ2n) is 6.34. The van der Waals surface area contributed by atoms with Crippen molar-refractivity contribution in [2.75, 3.05) is 0 Å². The van der Waals surface area contributed by atoms with Gasteiger partial charge in [-0.25, -0.2) is 14.6 Å². The zero-order valence-electron chi connectivity index (χ0n) is 14.2. The molecule has 4 heterocycles. The van der Waals surface area contributed by atoms with Gasteiger partial charge in [0.05, 0.1) is 36.5 Å². The van der Waals surface area contributed by atoms with Crippen molar-refractivity contribution >= 4 is 0 Å². The van der Waals surface area contributed by atoms with E-state index in [0.29, 0.717) is 18.9 Å². The van der Waals surface area contributed by atoms with Crippen molar-refractivity contribution in [3.8, 4) is 17.1 Å². The number of imidazole rings is 1. The molecule has 1 aromatic carbocycles. The number of aryl methyl sites for hydroxylation is 1. The van der Waals surface area contributed by atoms with E-state index in [2.05, 4.69) is 20.7 Å². The summed E-state index contributed by atoms with van der Waals surface area (Å²) in [7, 11) is 0. The van der Waals surface area contributed by atoms with Crippen LogP contribution in [0.15, 0.2) is 59.8 Å². The molecule has 0 fully saturated rings. The Bertz CT molecular complexity index is 1180. The molecule has 128 valence electrons. The van der Waals surface area contributed by atoms with Gasteiger partial charge in [-0.05, 0) is 25.1 Å². The number of nitrogens with zero attached hydrogens (tertiary/aromatic N) is 6. The van der Waals surface area contributed by atoms with Gasteiger partial charge in [0.1, 0.15) is 0 Å². The lowest BCUT2D eigenvalue weighted by atomic mass is 10.1. The maximum absolute atomic E-state index is 12.0. The molecular formula is C19H16N6O. The molecule has 1 aliphatic heterocycles. The molecule has 26 heavy (non-hydrogen) atoms. The van der Waals surface area contributed by atoms with Gasteiger partial charge in [-0.2, -0.15) is 5.10 Å². The first kappa shape index (κ1) is 14.8. The highest BCUT2D eigenvalue weighted by molar-refractivity contribution is 5.69. The van der Waals surface area contributed by atoms with Crippen molar-refractivity contribution in [1.29, 1.82) is 0 Å². The van der Waals surface area contributed by atoms with E-state index in [4.69, 9.17) is 4.98 Å². The zero-order valence-corrected chi connectivity index (χ0v) is 14.2. The van der Waals surface area contributed by atoms with E-state index in [1.54, 1.807) is 16.8 Å². The van der Waals surface area contributed by atoms with Crippen LogP contribution in [0.25, 0.3) is 17.1 Å². The third kappa shape index (κ3) is 2.21. The van der Waals surface area contributed by atoms with Crippen LogP contribution in [0.2, 0.25) is 0 Å². The van der Waals surface area contributed by atoms with Crippen LogP contribution in [-0.2, 0) is 13.1 Å². The molecule has 7 heteroatoms. The summed E-state index contributed by atoms with van der Waals surface area (Å²) in [6.07, 6.45) is 3.60. The standard InChI is InChI=1S/C19H16N6O/c1-13-16-10-25-19(14-6-2-3-7-15(14)24(16)12-20-13)21-17(22-25)11-23-9-5-4-8-18(23)26/h2-9,12H,10-11H2,1H3. The maximum atomic E-state index is 12.0. The first-order valence-corrected chi connectivity index (χ1v) is 8.42. The summed E-state index contributed by atoms with van der Waals surface area (Å²) in [5, 5.41) is 4.67. The monoisotopic (exact) mass is 344 g/mol. The van der Waals surface area contributed by atoms with Crippen LogP contribution < -0.4 is 5.56 Å². The Morgan fingerprint density at radius 1 is 1.12 bits per heavy atom. The predicted molar refractivity (Wildman–Crippen MR) is 96.2 cm³/mol. The molecule has 0 radical (unpaired) electrons. The molecule has 0 atom stereocenters. The highest BCUT2D eigenvalue weighted by Gasteiger charge is 2.23. The number of hydrogen-bond acceptors (Lipinski definition) is 4. The SMILES string of the molecule is Cc1ncn2c1Cn1nc(Cn3ccccc3=O)nc1-c1ccccc1-2. The average molecular weight is 344 g/mol. The molecule has 0 amide bonds. The highest BCUT2D eigenvalue weighted by atomic mass is 16.1. The highest BCUT2D eigenvalue weighted by Crippen LogP contribution is 2.31. The van der Waals surface area contributed by atoms with Crippen molar-refractivity contribution in [1.82, 2.24) is 28.9 Å². The van der Waals surface area contributed by atoms with Crippen molar-refractivity contribution in [2.45, 2.75) is 20.0 Å². The van der Waals surface area contributed by atoms with Gasteiger partial charge in [-0.15, -0.1) is 0 Å². The van der Waals surface area contributed by atoms with Crippen LogP contribution in [-0.4, -0.2) is 28.9 Å². The van der Waals surface area contributed by atoms with E-state index in [1.165, 1.54) is 6.07 Å². The van der Waals surface area contributed by atoms with E-state index >= 15 is 0 Å². The molecule has 0 spiro atoms. The second-order valence-corrected chi connectivity index (χ2v) is 6.34. The number of aromatic nitrogens is 6. The Kier molecular flexibility index (Phi) is 3.15. The third-order valence-electron chi connectivity index (χ3n) is 4.71. The van der Waals surface area contributed by atoms with Gasteiger partial charge < -0.3 is 9.13 Å². The van der Waals surface area contributed by atoms with Gasteiger partial charge >= 0.3 is 0 Å². The molecule has 3 aromatic heterocycles. The molecule has 0 bridgehead atoms. The summed E-state index contributed by atoms with van der Waals surface area (Å²) in [5.74, 6) is 1.43. The Morgan fingerprint density at radius 2 is 1.96 bits per heavy atom. The van der Waals surface area contributed by atoms with Crippen LogP contribution in [0.3, 0.4) is 0 Å². The Balaban J connectivity index is 1.66. The fourth-order valence-electron chi connectivity index (χ4n) is 3.38. The van der Waals surface area contributed by atoms with Gasteiger partial charge in [0.2, 0.25) is 0 Å². The normalized spacial score (nSPS) is 12.2. The van der Waals surface area contributed by atoms with Gasteiger partial charge in [-0.3, -0.25) is 4.79 Å². The number of pyridine rings is 1. The molecule has 0 saturated heterocycles. The summed E-state index contributed by atoms with van der Waals surface area (Å²) < 4.78 is 5.61. The lowest BCUT2D eigenvalue weighted by molar-refractivity contribution is 0.642. The molecule has 5 rings (SSSR count). The lowest BCUT2D eigenvalue weighted by Crippen LogP contribution is -2.19. The predicted octanol–water partition coefficient (Wildman–Crippen LogP) is 2.01. The summed E-state index contributed by atoms with van der Waals surface area (Å²) in [4.78, 5) is 21.2. The van der Waals surface area contributed by atoms with Crippen LogP contribution in [0.4, 0.5) is 0 Å². The Morgan fingerprint density at radius 3 is 2.85 bits per heavy atom. The third-order valence-corrected chi connectivity index (χ3v) is 4.71. The molecular weight excluding hydrogens is 328 g/mol. The topological polar surface area (TPSA) is 70.5 Å². The van der Waals surface area contributed by atoms with Gasteiger partial charge in [0, 0.05) is 17.8 Å². The largest absolute Gasteiger partial charge is 0.308 e. The van der Waals surface area contributed by atoms with E-state index in [0.717, 1.165) is 28.5 Å². The van der Waals surface area contributed by atoms with Gasteiger partial charge in [-0.1, -0.05) is 18.2 Å². The number of hydrogen-bond donors (Lipinski definition) is 0. The van der Waals surface area contributed by atoms with Gasteiger partial charge in [0.25, 0.3) is 5.56 Å². The second kappa shape index (κ2) is 5.52. The Hall–Kier alpha value is -3.48. The van der Waals surface area contributed by atoms with Crippen LogP contribution in [0.1, 0.15) is 17.2 Å². The molecule has 0 unspecified atom stereocenters. The minimum absolute atomic E-state index is 0.0631. The maximum Gasteiger partial charge on any atom is 0.250 e. The first-order chi connectivity index (χ1) is 12.7. The molecule has 7 nitrogen and oxygen atoms in total. The average Bonchev–Trinajstić information content (AvgIpc) is 3.18. The lowest BCUT2D eigenvalue weighted by Gasteiger charge is -2.07. The zero-order chi connectivity index (χ0) is 17.7. The van der Waals surface area contributed by atoms with Crippen LogP contribution >= 0.6 is 0 Å². The minimum atomic E-state index is -0.0631. The first-order valence-electron chi connectivity index (χ1n) is 8.42.